The molecular weight excluding hydrogens is 338 g/mol. The van der Waals surface area contributed by atoms with E-state index in [1.54, 1.807) is 6.07 Å². The van der Waals surface area contributed by atoms with Crippen molar-refractivity contribution in [3.05, 3.63) is 35.4 Å². The van der Waals surface area contributed by atoms with Crippen molar-refractivity contribution in [2.75, 3.05) is 26.2 Å². The number of hydrogen-bond acceptors (Lipinski definition) is 3. The number of benzene rings is 1. The maximum Gasteiger partial charge on any atom is 0.251 e. The lowest BCUT2D eigenvalue weighted by Gasteiger charge is -2.23. The Bertz CT molecular complexity index is 607. The van der Waals surface area contributed by atoms with Crippen molar-refractivity contribution in [3.63, 3.8) is 0 Å². The zero-order chi connectivity index (χ0) is 19.6. The summed E-state index contributed by atoms with van der Waals surface area (Å²) in [4.78, 5) is 27.6. The second-order valence-electron chi connectivity index (χ2n) is 7.97. The third-order valence-electron chi connectivity index (χ3n) is 5.17. The average Bonchev–Trinajstić information content (AvgIpc) is 2.91. The molecule has 5 nitrogen and oxygen atoms in total. The Hall–Kier alpha value is -1.88. The molecule has 2 N–H and O–H groups in total. The molecule has 1 heterocycles. The summed E-state index contributed by atoms with van der Waals surface area (Å²) in [6.45, 7) is 9.90. The summed E-state index contributed by atoms with van der Waals surface area (Å²) in [5, 5.41) is 5.90. The third-order valence-corrected chi connectivity index (χ3v) is 5.17. The number of carbonyl (C=O) groups excluding carboxylic acids is 2. The average molecular weight is 374 g/mol. The molecule has 5 heteroatoms. The number of nitrogens with one attached hydrogen (secondary N) is 2. The number of aryl methyl sites for hydroxylation is 1. The quantitative estimate of drug-likeness (QED) is 0.688. The molecule has 0 aliphatic carbocycles. The van der Waals surface area contributed by atoms with Crippen LogP contribution in [-0.2, 0) is 4.79 Å². The van der Waals surface area contributed by atoms with E-state index >= 15 is 0 Å². The number of nitrogens with zero attached hydrogens (tertiary/aromatic N) is 1. The third kappa shape index (κ3) is 7.33. The first-order chi connectivity index (χ1) is 13.0. The molecule has 1 unspecified atom stereocenters. The van der Waals surface area contributed by atoms with Gasteiger partial charge in [0, 0.05) is 12.1 Å². The summed E-state index contributed by atoms with van der Waals surface area (Å²) in [5.41, 5.74) is 1.62. The monoisotopic (exact) mass is 373 g/mol. The molecule has 150 valence electrons. The topological polar surface area (TPSA) is 61.4 Å². The lowest BCUT2D eigenvalue weighted by atomic mass is 10.0. The standard InChI is InChI=1S/C22H35N3O2/c1-17(2)20(24-21(26)19-11-8-10-18(3)16-19)22(27)23-12-9-15-25-13-6-4-5-7-14-25/h8,10-11,16-17,20H,4-7,9,12-15H2,1-3H3,(H,23,27)(H,24,26). The van der Waals surface area contributed by atoms with Crippen LogP contribution in [-0.4, -0.2) is 48.9 Å². The van der Waals surface area contributed by atoms with E-state index in [1.807, 2.05) is 39.0 Å². The molecule has 0 aromatic heterocycles. The van der Waals surface area contributed by atoms with Crippen LogP contribution in [0.3, 0.4) is 0 Å². The van der Waals surface area contributed by atoms with Crippen LogP contribution < -0.4 is 10.6 Å². The van der Waals surface area contributed by atoms with Crippen molar-refractivity contribution in [2.24, 2.45) is 5.92 Å². The van der Waals surface area contributed by atoms with E-state index in [-0.39, 0.29) is 17.7 Å². The molecule has 0 spiro atoms. The lowest BCUT2D eigenvalue weighted by Crippen LogP contribution is -2.50. The highest BCUT2D eigenvalue weighted by molar-refractivity contribution is 5.97. The fraction of sp³-hybridized carbons (Fsp3) is 0.636. The molecule has 0 bridgehead atoms. The Morgan fingerprint density at radius 2 is 1.81 bits per heavy atom. The van der Waals surface area contributed by atoms with Crippen molar-refractivity contribution in [3.8, 4) is 0 Å². The summed E-state index contributed by atoms with van der Waals surface area (Å²) < 4.78 is 0. The van der Waals surface area contributed by atoms with Gasteiger partial charge in [-0.1, -0.05) is 44.4 Å². The van der Waals surface area contributed by atoms with Crippen molar-refractivity contribution in [2.45, 2.75) is 58.9 Å². The minimum absolute atomic E-state index is 0.0318. The van der Waals surface area contributed by atoms with Crippen LogP contribution in [0.15, 0.2) is 24.3 Å². The summed E-state index contributed by atoms with van der Waals surface area (Å²) >= 11 is 0. The van der Waals surface area contributed by atoms with Gasteiger partial charge in [-0.15, -0.1) is 0 Å². The summed E-state index contributed by atoms with van der Waals surface area (Å²) in [7, 11) is 0. The van der Waals surface area contributed by atoms with Crippen molar-refractivity contribution < 1.29 is 9.59 Å². The molecule has 1 fully saturated rings. The van der Waals surface area contributed by atoms with Gasteiger partial charge in [-0.25, -0.2) is 0 Å². The first kappa shape index (κ1) is 21.4. The number of carbonyl (C=O) groups is 2. The van der Waals surface area contributed by atoms with Gasteiger partial charge in [0.2, 0.25) is 5.91 Å². The summed E-state index contributed by atoms with van der Waals surface area (Å²) in [5.74, 6) is -0.261. The minimum Gasteiger partial charge on any atom is -0.354 e. The van der Waals surface area contributed by atoms with Gasteiger partial charge in [-0.3, -0.25) is 9.59 Å². The van der Waals surface area contributed by atoms with E-state index in [9.17, 15) is 9.59 Å². The van der Waals surface area contributed by atoms with Crippen molar-refractivity contribution >= 4 is 11.8 Å². The first-order valence-corrected chi connectivity index (χ1v) is 10.3. The number of amides is 2. The molecule has 2 rings (SSSR count). The maximum atomic E-state index is 12.6. The molecule has 1 aliphatic rings. The zero-order valence-corrected chi connectivity index (χ0v) is 17.1. The molecule has 2 amide bonds. The van der Waals surface area contributed by atoms with Crippen LogP contribution in [0, 0.1) is 12.8 Å². The van der Waals surface area contributed by atoms with Gasteiger partial charge < -0.3 is 15.5 Å². The number of hydrogen-bond donors (Lipinski definition) is 2. The summed E-state index contributed by atoms with van der Waals surface area (Å²) in [6.07, 6.45) is 6.19. The number of likely N-dealkylation sites (tertiary alicyclic amines) is 1. The molecule has 1 aromatic rings. The van der Waals surface area contributed by atoms with Gasteiger partial charge in [0.1, 0.15) is 6.04 Å². The van der Waals surface area contributed by atoms with E-state index in [1.165, 1.54) is 38.8 Å². The second kappa shape index (κ2) is 11.1. The molecule has 1 saturated heterocycles. The number of rotatable bonds is 8. The van der Waals surface area contributed by atoms with Crippen LogP contribution in [0.5, 0.6) is 0 Å². The second-order valence-corrected chi connectivity index (χ2v) is 7.97. The largest absolute Gasteiger partial charge is 0.354 e. The van der Waals surface area contributed by atoms with E-state index in [0.717, 1.165) is 18.5 Å². The van der Waals surface area contributed by atoms with Gasteiger partial charge >= 0.3 is 0 Å². The van der Waals surface area contributed by atoms with E-state index in [2.05, 4.69) is 15.5 Å². The predicted octanol–water partition coefficient (Wildman–Crippen LogP) is 3.13. The molecule has 1 aromatic carbocycles. The molecular formula is C22H35N3O2. The van der Waals surface area contributed by atoms with Crippen LogP contribution >= 0.6 is 0 Å². The van der Waals surface area contributed by atoms with Crippen LogP contribution in [0.4, 0.5) is 0 Å². The zero-order valence-electron chi connectivity index (χ0n) is 17.1. The van der Waals surface area contributed by atoms with E-state index in [4.69, 9.17) is 0 Å². The van der Waals surface area contributed by atoms with Crippen LogP contribution in [0.25, 0.3) is 0 Å². The SMILES string of the molecule is Cc1cccc(C(=O)NC(C(=O)NCCCN2CCCCCC2)C(C)C)c1. The molecule has 1 aliphatic heterocycles. The fourth-order valence-electron chi connectivity index (χ4n) is 3.53. The van der Waals surface area contributed by atoms with Gasteiger partial charge in [-0.2, -0.15) is 0 Å². The van der Waals surface area contributed by atoms with E-state index in [0.29, 0.717) is 12.1 Å². The Morgan fingerprint density at radius 3 is 2.44 bits per heavy atom. The van der Waals surface area contributed by atoms with E-state index < -0.39 is 6.04 Å². The van der Waals surface area contributed by atoms with Crippen molar-refractivity contribution in [1.29, 1.82) is 0 Å². The highest BCUT2D eigenvalue weighted by Gasteiger charge is 2.24. The van der Waals surface area contributed by atoms with Gasteiger partial charge in [0.25, 0.3) is 5.91 Å². The normalized spacial score (nSPS) is 16.6. The Kier molecular flexibility index (Phi) is 8.79. The van der Waals surface area contributed by atoms with Gasteiger partial charge in [0.15, 0.2) is 0 Å². The first-order valence-electron chi connectivity index (χ1n) is 10.3. The Balaban J connectivity index is 1.79. The Labute approximate surface area is 163 Å². The van der Waals surface area contributed by atoms with Crippen LogP contribution in [0.1, 0.15) is 61.9 Å². The highest BCUT2D eigenvalue weighted by Crippen LogP contribution is 2.10. The Morgan fingerprint density at radius 1 is 1.11 bits per heavy atom. The van der Waals surface area contributed by atoms with Gasteiger partial charge in [-0.05, 0) is 63.9 Å². The lowest BCUT2D eigenvalue weighted by molar-refractivity contribution is -0.123. The smallest absolute Gasteiger partial charge is 0.251 e. The molecule has 27 heavy (non-hydrogen) atoms. The molecule has 0 radical (unpaired) electrons. The van der Waals surface area contributed by atoms with Gasteiger partial charge in [0.05, 0.1) is 0 Å². The molecule has 0 saturated carbocycles. The predicted molar refractivity (Wildman–Crippen MR) is 110 cm³/mol. The molecule has 1 atom stereocenters. The highest BCUT2D eigenvalue weighted by atomic mass is 16.2. The van der Waals surface area contributed by atoms with Crippen LogP contribution in [0.2, 0.25) is 0 Å². The van der Waals surface area contributed by atoms with Crippen molar-refractivity contribution in [1.82, 2.24) is 15.5 Å². The fourth-order valence-corrected chi connectivity index (χ4v) is 3.53. The minimum atomic E-state index is -0.517. The maximum absolute atomic E-state index is 12.6. The summed E-state index contributed by atoms with van der Waals surface area (Å²) in [6, 6.07) is 6.91.